The molecule has 0 heterocycles. The number of aryl methyl sites for hydroxylation is 1. The number of anilines is 1. The maximum Gasteiger partial charge on any atom is 0.0561 e. The van der Waals surface area contributed by atoms with Crippen LogP contribution in [0.3, 0.4) is 0 Å². The van der Waals surface area contributed by atoms with Gasteiger partial charge in [0.2, 0.25) is 0 Å². The highest BCUT2D eigenvalue weighted by Gasteiger charge is 2.12. The van der Waals surface area contributed by atoms with E-state index in [9.17, 15) is 0 Å². The summed E-state index contributed by atoms with van der Waals surface area (Å²) < 4.78 is 0. The highest BCUT2D eigenvalue weighted by atomic mass is 15.3. The van der Waals surface area contributed by atoms with E-state index >= 15 is 0 Å². The lowest BCUT2D eigenvalue weighted by atomic mass is 9.87. The van der Waals surface area contributed by atoms with Crippen LogP contribution in [0.4, 0.5) is 5.69 Å². The maximum atomic E-state index is 4.26. The number of rotatable bonds is 3. The van der Waals surface area contributed by atoms with Crippen LogP contribution in [0.15, 0.2) is 53.6 Å². The first-order valence-electron chi connectivity index (χ1n) is 6.91. The molecule has 0 radical (unpaired) electrons. The first kappa shape index (κ1) is 14.3. The van der Waals surface area contributed by atoms with E-state index in [1.807, 2.05) is 18.3 Å². The summed E-state index contributed by atoms with van der Waals surface area (Å²) in [7, 11) is 0. The van der Waals surface area contributed by atoms with Crippen LogP contribution in [0.5, 0.6) is 0 Å². The molecule has 0 bridgehead atoms. The van der Waals surface area contributed by atoms with Crippen molar-refractivity contribution in [1.29, 1.82) is 0 Å². The van der Waals surface area contributed by atoms with Crippen molar-refractivity contribution >= 4 is 11.9 Å². The Balaban J connectivity index is 1.99. The summed E-state index contributed by atoms with van der Waals surface area (Å²) in [6, 6.07) is 16.7. The molecule has 0 aromatic heterocycles. The van der Waals surface area contributed by atoms with Gasteiger partial charge < -0.3 is 0 Å². The summed E-state index contributed by atoms with van der Waals surface area (Å²) in [5, 5.41) is 4.26. The summed E-state index contributed by atoms with van der Waals surface area (Å²) in [5.74, 6) is 0. The molecule has 0 fully saturated rings. The lowest BCUT2D eigenvalue weighted by molar-refractivity contribution is 0.590. The molecule has 2 heteroatoms. The molecule has 0 unspecified atom stereocenters. The van der Waals surface area contributed by atoms with Crippen molar-refractivity contribution in [3.63, 3.8) is 0 Å². The van der Waals surface area contributed by atoms with Crippen molar-refractivity contribution in [2.24, 2.45) is 5.10 Å². The molecule has 0 aliphatic rings. The summed E-state index contributed by atoms with van der Waals surface area (Å²) in [6.45, 7) is 8.73. The van der Waals surface area contributed by atoms with Gasteiger partial charge in [0.1, 0.15) is 0 Å². The Hall–Kier alpha value is -2.09. The van der Waals surface area contributed by atoms with Gasteiger partial charge in [0.15, 0.2) is 0 Å². The third kappa shape index (κ3) is 3.95. The van der Waals surface area contributed by atoms with Crippen molar-refractivity contribution in [3.05, 3.63) is 65.2 Å². The molecule has 2 aromatic carbocycles. The van der Waals surface area contributed by atoms with Crippen molar-refractivity contribution in [1.82, 2.24) is 0 Å². The van der Waals surface area contributed by atoms with E-state index in [1.54, 1.807) is 0 Å². The Kier molecular flexibility index (Phi) is 4.23. The predicted octanol–water partition coefficient (Wildman–Crippen LogP) is 4.74. The Morgan fingerprint density at radius 3 is 2.05 bits per heavy atom. The zero-order chi connectivity index (χ0) is 14.6. The first-order valence-corrected chi connectivity index (χ1v) is 6.91. The number of hydrogen-bond acceptors (Lipinski definition) is 2. The molecule has 0 spiro atoms. The summed E-state index contributed by atoms with van der Waals surface area (Å²) in [5.41, 5.74) is 7.90. The average molecular weight is 266 g/mol. The molecule has 2 nitrogen and oxygen atoms in total. The van der Waals surface area contributed by atoms with E-state index in [-0.39, 0.29) is 5.41 Å². The van der Waals surface area contributed by atoms with Crippen LogP contribution in [0, 0.1) is 6.92 Å². The van der Waals surface area contributed by atoms with Gasteiger partial charge in [-0.15, -0.1) is 0 Å². The number of hydrazone groups is 1. The van der Waals surface area contributed by atoms with Crippen LogP contribution < -0.4 is 5.43 Å². The molecular formula is C18H22N2. The lowest BCUT2D eigenvalue weighted by Gasteiger charge is -2.18. The van der Waals surface area contributed by atoms with Crippen LogP contribution in [0.2, 0.25) is 0 Å². The van der Waals surface area contributed by atoms with Gasteiger partial charge in [-0.1, -0.05) is 62.7 Å². The van der Waals surface area contributed by atoms with Gasteiger partial charge in [0, 0.05) is 0 Å². The minimum atomic E-state index is 0.190. The summed E-state index contributed by atoms with van der Waals surface area (Å²) >= 11 is 0. The fourth-order valence-corrected chi connectivity index (χ4v) is 1.88. The monoisotopic (exact) mass is 266 g/mol. The third-order valence-electron chi connectivity index (χ3n) is 3.24. The molecule has 0 atom stereocenters. The van der Waals surface area contributed by atoms with E-state index in [1.165, 1.54) is 11.1 Å². The minimum absolute atomic E-state index is 0.190. The van der Waals surface area contributed by atoms with Gasteiger partial charge >= 0.3 is 0 Å². The van der Waals surface area contributed by atoms with Crippen molar-refractivity contribution in [3.8, 4) is 0 Å². The number of nitrogens with zero attached hydrogens (tertiary/aromatic N) is 1. The molecule has 2 aromatic rings. The standard InChI is InChI=1S/C18H22N2/c1-14-5-11-17(12-6-14)20-19-13-15-7-9-16(10-8-15)18(2,3)4/h5-13,20H,1-4H3/b19-13+. The third-order valence-corrected chi connectivity index (χ3v) is 3.24. The van der Waals surface area contributed by atoms with Crippen LogP contribution >= 0.6 is 0 Å². The van der Waals surface area contributed by atoms with Crippen LogP contribution in [-0.2, 0) is 5.41 Å². The molecule has 0 saturated carbocycles. The normalized spacial score (nSPS) is 11.8. The van der Waals surface area contributed by atoms with E-state index in [4.69, 9.17) is 0 Å². The molecule has 104 valence electrons. The van der Waals surface area contributed by atoms with Crippen LogP contribution in [-0.4, -0.2) is 6.21 Å². The SMILES string of the molecule is Cc1ccc(N/N=C/c2ccc(C(C)(C)C)cc2)cc1. The fraction of sp³-hybridized carbons (Fsp3) is 0.278. The zero-order valence-electron chi connectivity index (χ0n) is 12.6. The van der Waals surface area contributed by atoms with Gasteiger partial charge in [-0.05, 0) is 35.6 Å². The van der Waals surface area contributed by atoms with Crippen LogP contribution in [0.25, 0.3) is 0 Å². The van der Waals surface area contributed by atoms with E-state index in [0.29, 0.717) is 0 Å². The Bertz CT molecular complexity index is 572. The van der Waals surface area contributed by atoms with Crippen LogP contribution in [0.1, 0.15) is 37.5 Å². The van der Waals surface area contributed by atoms with Gasteiger partial charge in [0.25, 0.3) is 0 Å². The zero-order valence-corrected chi connectivity index (χ0v) is 12.6. The molecular weight excluding hydrogens is 244 g/mol. The minimum Gasteiger partial charge on any atom is -0.279 e. The Labute approximate surface area is 121 Å². The highest BCUT2D eigenvalue weighted by molar-refractivity contribution is 5.80. The Morgan fingerprint density at radius 1 is 0.900 bits per heavy atom. The quantitative estimate of drug-likeness (QED) is 0.630. The number of nitrogens with one attached hydrogen (secondary N) is 1. The number of hydrogen-bond donors (Lipinski definition) is 1. The van der Waals surface area contributed by atoms with Gasteiger partial charge in [-0.25, -0.2) is 0 Å². The summed E-state index contributed by atoms with van der Waals surface area (Å²) in [4.78, 5) is 0. The molecule has 2 rings (SSSR count). The maximum absolute atomic E-state index is 4.26. The lowest BCUT2D eigenvalue weighted by Crippen LogP contribution is -2.10. The second-order valence-corrected chi connectivity index (χ2v) is 6.11. The smallest absolute Gasteiger partial charge is 0.0561 e. The molecule has 0 aliphatic heterocycles. The Morgan fingerprint density at radius 2 is 1.50 bits per heavy atom. The second kappa shape index (κ2) is 5.91. The predicted molar refractivity (Wildman–Crippen MR) is 87.5 cm³/mol. The molecule has 20 heavy (non-hydrogen) atoms. The first-order chi connectivity index (χ1) is 9.45. The van der Waals surface area contributed by atoms with Gasteiger partial charge in [-0.3, -0.25) is 5.43 Å². The second-order valence-electron chi connectivity index (χ2n) is 6.11. The molecule has 1 N–H and O–H groups in total. The van der Waals surface area contributed by atoms with Crippen molar-refractivity contribution in [2.45, 2.75) is 33.1 Å². The molecule has 0 aliphatic carbocycles. The highest BCUT2D eigenvalue weighted by Crippen LogP contribution is 2.21. The fourth-order valence-electron chi connectivity index (χ4n) is 1.88. The van der Waals surface area contributed by atoms with Gasteiger partial charge in [-0.2, -0.15) is 5.10 Å². The van der Waals surface area contributed by atoms with E-state index in [0.717, 1.165) is 11.3 Å². The van der Waals surface area contributed by atoms with E-state index in [2.05, 4.69) is 74.6 Å². The van der Waals surface area contributed by atoms with Crippen molar-refractivity contribution in [2.75, 3.05) is 5.43 Å². The average Bonchev–Trinajstić information content (AvgIpc) is 2.41. The summed E-state index contributed by atoms with van der Waals surface area (Å²) in [6.07, 6.45) is 1.84. The van der Waals surface area contributed by atoms with E-state index < -0.39 is 0 Å². The number of benzene rings is 2. The molecule has 0 amide bonds. The van der Waals surface area contributed by atoms with Gasteiger partial charge in [0.05, 0.1) is 11.9 Å². The largest absolute Gasteiger partial charge is 0.279 e. The topological polar surface area (TPSA) is 24.4 Å². The molecule has 0 saturated heterocycles. The van der Waals surface area contributed by atoms with Crippen molar-refractivity contribution < 1.29 is 0 Å².